The molecule has 1 aromatic heterocycles. The minimum Gasteiger partial charge on any atom is -0.476 e. The van der Waals surface area contributed by atoms with Gasteiger partial charge in [0.15, 0.2) is 5.69 Å². The van der Waals surface area contributed by atoms with Gasteiger partial charge in [0.2, 0.25) is 0 Å². The zero-order valence-corrected chi connectivity index (χ0v) is 8.10. The van der Waals surface area contributed by atoms with Crippen LogP contribution in [-0.4, -0.2) is 26.1 Å². The van der Waals surface area contributed by atoms with E-state index in [0.29, 0.717) is 5.41 Å². The van der Waals surface area contributed by atoms with Crippen molar-refractivity contribution >= 4 is 5.97 Å². The van der Waals surface area contributed by atoms with Crippen molar-refractivity contribution in [3.05, 3.63) is 11.9 Å². The lowest BCUT2D eigenvalue weighted by Crippen LogP contribution is -2.30. The van der Waals surface area contributed by atoms with E-state index in [2.05, 4.69) is 17.2 Å². The second-order valence-corrected chi connectivity index (χ2v) is 4.27. The van der Waals surface area contributed by atoms with Gasteiger partial charge in [0, 0.05) is 6.54 Å². The van der Waals surface area contributed by atoms with Crippen molar-refractivity contribution in [3.63, 3.8) is 0 Å². The predicted molar refractivity (Wildman–Crippen MR) is 48.9 cm³/mol. The van der Waals surface area contributed by atoms with Gasteiger partial charge in [0.25, 0.3) is 0 Å². The third-order valence-corrected chi connectivity index (χ3v) is 2.86. The monoisotopic (exact) mass is 195 g/mol. The Labute approximate surface area is 81.7 Å². The zero-order valence-electron chi connectivity index (χ0n) is 8.10. The van der Waals surface area contributed by atoms with Crippen molar-refractivity contribution < 1.29 is 9.90 Å². The van der Waals surface area contributed by atoms with Gasteiger partial charge >= 0.3 is 5.97 Å². The Morgan fingerprint density at radius 2 is 2.43 bits per heavy atom. The van der Waals surface area contributed by atoms with Crippen molar-refractivity contribution in [1.82, 2.24) is 15.0 Å². The van der Waals surface area contributed by atoms with Crippen molar-refractivity contribution in [1.29, 1.82) is 0 Å². The van der Waals surface area contributed by atoms with Crippen LogP contribution in [-0.2, 0) is 6.54 Å². The van der Waals surface area contributed by atoms with Gasteiger partial charge in [-0.1, -0.05) is 18.6 Å². The smallest absolute Gasteiger partial charge is 0.358 e. The highest BCUT2D eigenvalue weighted by Gasteiger charge is 2.32. The molecule has 0 saturated heterocycles. The first kappa shape index (κ1) is 9.18. The first-order chi connectivity index (χ1) is 6.59. The molecule has 0 amide bonds. The summed E-state index contributed by atoms with van der Waals surface area (Å²) < 4.78 is 1.63. The summed E-state index contributed by atoms with van der Waals surface area (Å²) in [7, 11) is 0. The Morgan fingerprint density at radius 3 is 2.86 bits per heavy atom. The molecule has 0 aromatic carbocycles. The van der Waals surface area contributed by atoms with E-state index in [1.807, 2.05) is 0 Å². The van der Waals surface area contributed by atoms with Gasteiger partial charge in [-0.05, 0) is 18.3 Å². The molecule has 76 valence electrons. The summed E-state index contributed by atoms with van der Waals surface area (Å²) in [5.74, 6) is -1.02. The molecule has 14 heavy (non-hydrogen) atoms. The van der Waals surface area contributed by atoms with E-state index in [9.17, 15) is 4.79 Å². The van der Waals surface area contributed by atoms with Crippen LogP contribution in [0.15, 0.2) is 6.20 Å². The van der Waals surface area contributed by atoms with E-state index >= 15 is 0 Å². The largest absolute Gasteiger partial charge is 0.476 e. The SMILES string of the molecule is CC1(Cn2cc(C(=O)O)nn2)CCC1. The predicted octanol–water partition coefficient (Wildman–Crippen LogP) is 1.17. The summed E-state index contributed by atoms with van der Waals surface area (Å²) in [4.78, 5) is 10.5. The molecule has 0 bridgehead atoms. The van der Waals surface area contributed by atoms with Crippen LogP contribution in [0.5, 0.6) is 0 Å². The Morgan fingerprint density at radius 1 is 1.71 bits per heavy atom. The number of hydrogen-bond acceptors (Lipinski definition) is 3. The van der Waals surface area contributed by atoms with Crippen LogP contribution in [0.2, 0.25) is 0 Å². The third-order valence-electron chi connectivity index (χ3n) is 2.86. The lowest BCUT2D eigenvalue weighted by Gasteiger charge is -2.37. The minimum atomic E-state index is -1.02. The Balaban J connectivity index is 2.06. The quantitative estimate of drug-likeness (QED) is 0.786. The van der Waals surface area contributed by atoms with E-state index in [0.717, 1.165) is 6.54 Å². The van der Waals surface area contributed by atoms with Crippen LogP contribution in [0.3, 0.4) is 0 Å². The van der Waals surface area contributed by atoms with Crippen molar-refractivity contribution in [2.45, 2.75) is 32.7 Å². The number of hydrogen-bond donors (Lipinski definition) is 1. The normalized spacial score (nSPS) is 18.9. The number of nitrogens with zero attached hydrogens (tertiary/aromatic N) is 3. The molecule has 1 fully saturated rings. The molecule has 1 aliphatic carbocycles. The Hall–Kier alpha value is -1.39. The molecular formula is C9H13N3O2. The maximum Gasteiger partial charge on any atom is 0.358 e. The fourth-order valence-electron chi connectivity index (χ4n) is 1.80. The summed E-state index contributed by atoms with van der Waals surface area (Å²) in [5, 5.41) is 16.0. The number of carboxylic acids is 1. The van der Waals surface area contributed by atoms with Gasteiger partial charge in [-0.15, -0.1) is 5.10 Å². The Kier molecular flexibility index (Phi) is 2.02. The third kappa shape index (κ3) is 1.62. The average molecular weight is 195 g/mol. The maximum atomic E-state index is 10.5. The standard InChI is InChI=1S/C9H13N3O2/c1-9(3-2-4-9)6-12-5-7(8(13)14)10-11-12/h5H,2-4,6H2,1H3,(H,13,14). The van der Waals surface area contributed by atoms with Gasteiger partial charge in [0.1, 0.15) is 0 Å². The molecule has 0 atom stereocenters. The van der Waals surface area contributed by atoms with E-state index in [4.69, 9.17) is 5.11 Å². The molecule has 5 heteroatoms. The van der Waals surface area contributed by atoms with Crippen molar-refractivity contribution in [3.8, 4) is 0 Å². The highest BCUT2D eigenvalue weighted by molar-refractivity contribution is 5.84. The van der Waals surface area contributed by atoms with Crippen LogP contribution in [0.4, 0.5) is 0 Å². The van der Waals surface area contributed by atoms with Crippen LogP contribution in [0, 0.1) is 5.41 Å². The van der Waals surface area contributed by atoms with Gasteiger partial charge in [-0.25, -0.2) is 4.79 Å². The van der Waals surface area contributed by atoms with Gasteiger partial charge in [-0.2, -0.15) is 0 Å². The van der Waals surface area contributed by atoms with Crippen LogP contribution < -0.4 is 0 Å². The van der Waals surface area contributed by atoms with Crippen LogP contribution >= 0.6 is 0 Å². The molecule has 0 aliphatic heterocycles. The molecule has 2 rings (SSSR count). The minimum absolute atomic E-state index is 0.0212. The number of aromatic nitrogens is 3. The highest BCUT2D eigenvalue weighted by atomic mass is 16.4. The number of rotatable bonds is 3. The van der Waals surface area contributed by atoms with Gasteiger partial charge in [-0.3, -0.25) is 4.68 Å². The highest BCUT2D eigenvalue weighted by Crippen LogP contribution is 2.41. The summed E-state index contributed by atoms with van der Waals surface area (Å²) in [5.41, 5.74) is 0.316. The molecule has 1 N–H and O–H groups in total. The molecule has 0 spiro atoms. The van der Waals surface area contributed by atoms with E-state index in [1.54, 1.807) is 4.68 Å². The molecule has 0 radical (unpaired) electrons. The van der Waals surface area contributed by atoms with Gasteiger partial charge < -0.3 is 5.11 Å². The average Bonchev–Trinajstić information content (AvgIpc) is 2.50. The van der Waals surface area contributed by atoms with Crippen molar-refractivity contribution in [2.75, 3.05) is 0 Å². The molecule has 1 heterocycles. The van der Waals surface area contributed by atoms with Gasteiger partial charge in [0.05, 0.1) is 6.20 Å². The Bertz CT molecular complexity index is 355. The first-order valence-corrected chi connectivity index (χ1v) is 4.73. The number of carbonyl (C=O) groups is 1. The second kappa shape index (κ2) is 3.08. The lowest BCUT2D eigenvalue weighted by molar-refractivity contribution is 0.0690. The van der Waals surface area contributed by atoms with E-state index < -0.39 is 5.97 Å². The summed E-state index contributed by atoms with van der Waals surface area (Å²) in [6.45, 7) is 2.96. The topological polar surface area (TPSA) is 68.0 Å². The summed E-state index contributed by atoms with van der Waals surface area (Å²) in [6.07, 6.45) is 5.13. The first-order valence-electron chi connectivity index (χ1n) is 4.73. The second-order valence-electron chi connectivity index (χ2n) is 4.27. The summed E-state index contributed by atoms with van der Waals surface area (Å²) >= 11 is 0. The number of aromatic carboxylic acids is 1. The summed E-state index contributed by atoms with van der Waals surface area (Å²) in [6, 6.07) is 0. The molecular weight excluding hydrogens is 182 g/mol. The number of carboxylic acid groups (broad SMARTS) is 1. The van der Waals surface area contributed by atoms with E-state index in [1.165, 1.54) is 25.5 Å². The van der Waals surface area contributed by atoms with Crippen LogP contribution in [0.25, 0.3) is 0 Å². The molecule has 1 aliphatic rings. The maximum absolute atomic E-state index is 10.5. The lowest BCUT2D eigenvalue weighted by atomic mass is 9.70. The fraction of sp³-hybridized carbons (Fsp3) is 0.667. The molecule has 5 nitrogen and oxygen atoms in total. The molecule has 1 aromatic rings. The van der Waals surface area contributed by atoms with Crippen molar-refractivity contribution in [2.24, 2.45) is 5.41 Å². The fourth-order valence-corrected chi connectivity index (χ4v) is 1.80. The van der Waals surface area contributed by atoms with E-state index in [-0.39, 0.29) is 5.69 Å². The van der Waals surface area contributed by atoms with Crippen LogP contribution in [0.1, 0.15) is 36.7 Å². The molecule has 1 saturated carbocycles. The zero-order chi connectivity index (χ0) is 10.2. The molecule has 0 unspecified atom stereocenters.